The molecule has 0 aromatic heterocycles. The number of aliphatic hydroxyl groups excluding tert-OH is 1. The van der Waals surface area contributed by atoms with Crippen molar-refractivity contribution in [2.45, 2.75) is 25.5 Å². The third-order valence-corrected chi connectivity index (χ3v) is 4.39. The molecule has 0 fully saturated rings. The minimum absolute atomic E-state index is 0.291. The lowest BCUT2D eigenvalue weighted by Crippen LogP contribution is -2.07. The highest BCUT2D eigenvalue weighted by atomic mass is 19.1. The van der Waals surface area contributed by atoms with E-state index in [-0.39, 0.29) is 11.9 Å². The molecule has 3 aromatic carbocycles. The average molecular weight is 335 g/mol. The van der Waals surface area contributed by atoms with Crippen LogP contribution in [0.1, 0.15) is 35.8 Å². The summed E-state index contributed by atoms with van der Waals surface area (Å²) in [7, 11) is 0. The van der Waals surface area contributed by atoms with E-state index in [0.717, 1.165) is 22.3 Å². The first-order valence-electron chi connectivity index (χ1n) is 8.42. The zero-order valence-corrected chi connectivity index (χ0v) is 14.2. The van der Waals surface area contributed by atoms with Gasteiger partial charge in [0, 0.05) is 18.0 Å². The van der Waals surface area contributed by atoms with Crippen molar-refractivity contribution < 1.29 is 9.50 Å². The summed E-state index contributed by atoms with van der Waals surface area (Å²) >= 11 is 0. The molecule has 0 radical (unpaired) electrons. The molecule has 0 heterocycles. The first-order valence-corrected chi connectivity index (χ1v) is 8.42. The molecule has 25 heavy (non-hydrogen) atoms. The van der Waals surface area contributed by atoms with Gasteiger partial charge in [0.2, 0.25) is 0 Å². The summed E-state index contributed by atoms with van der Waals surface area (Å²) in [4.78, 5) is 0. The van der Waals surface area contributed by atoms with Gasteiger partial charge in [-0.3, -0.25) is 0 Å². The quantitative estimate of drug-likeness (QED) is 0.704. The predicted molar refractivity (Wildman–Crippen MR) is 99.5 cm³/mol. The Labute approximate surface area is 147 Å². The first-order chi connectivity index (χ1) is 12.0. The maximum Gasteiger partial charge on any atom is 0.128 e. The third kappa shape index (κ3) is 4.13. The molecule has 0 saturated heterocycles. The average Bonchev–Trinajstić information content (AvgIpc) is 2.62. The van der Waals surface area contributed by atoms with Crippen molar-refractivity contribution in [1.29, 1.82) is 0 Å². The van der Waals surface area contributed by atoms with E-state index < -0.39 is 6.10 Å². The van der Waals surface area contributed by atoms with Crippen molar-refractivity contribution in [3.63, 3.8) is 0 Å². The molecule has 0 aliphatic carbocycles. The molecular formula is C22H22FNO. The number of nitrogens with two attached hydrogens (primary N) is 1. The summed E-state index contributed by atoms with van der Waals surface area (Å²) in [6.07, 6.45) is 0.00593. The minimum atomic E-state index is -0.561. The Kier molecular flexibility index (Phi) is 5.27. The van der Waals surface area contributed by atoms with E-state index in [4.69, 9.17) is 5.73 Å². The van der Waals surface area contributed by atoms with Crippen molar-refractivity contribution in [2.75, 3.05) is 0 Å². The highest BCUT2D eigenvalue weighted by Crippen LogP contribution is 2.26. The zero-order chi connectivity index (χ0) is 17.8. The standard InChI is InChI=1S/C22H22FNO/c1-15(24)20-12-11-19(14-21(20)23)17-7-9-18(10-8-17)22(25)13-16-5-3-2-4-6-16/h2-12,14-15,22,25H,13,24H2,1H3. The van der Waals surface area contributed by atoms with Crippen LogP contribution in [-0.2, 0) is 6.42 Å². The van der Waals surface area contributed by atoms with Crippen LogP contribution in [0, 0.1) is 5.82 Å². The summed E-state index contributed by atoms with van der Waals surface area (Å²) < 4.78 is 14.1. The van der Waals surface area contributed by atoms with Crippen LogP contribution in [0.4, 0.5) is 4.39 Å². The number of rotatable bonds is 5. The molecule has 128 valence electrons. The van der Waals surface area contributed by atoms with Gasteiger partial charge >= 0.3 is 0 Å². The van der Waals surface area contributed by atoms with Gasteiger partial charge in [0.15, 0.2) is 0 Å². The fourth-order valence-corrected chi connectivity index (χ4v) is 2.93. The molecule has 0 aliphatic heterocycles. The second-order valence-electron chi connectivity index (χ2n) is 6.35. The van der Waals surface area contributed by atoms with E-state index in [9.17, 15) is 9.50 Å². The Bertz CT molecular complexity index is 828. The number of halogens is 1. The Balaban J connectivity index is 1.77. The predicted octanol–water partition coefficient (Wildman–Crippen LogP) is 4.79. The van der Waals surface area contributed by atoms with E-state index in [0.29, 0.717) is 12.0 Å². The highest BCUT2D eigenvalue weighted by Gasteiger charge is 2.11. The van der Waals surface area contributed by atoms with Crippen molar-refractivity contribution in [2.24, 2.45) is 5.73 Å². The number of aliphatic hydroxyl groups is 1. The van der Waals surface area contributed by atoms with Crippen molar-refractivity contribution >= 4 is 0 Å². The molecule has 0 bridgehead atoms. The zero-order valence-electron chi connectivity index (χ0n) is 14.2. The molecule has 3 rings (SSSR count). The maximum atomic E-state index is 14.1. The van der Waals surface area contributed by atoms with Crippen molar-refractivity contribution in [1.82, 2.24) is 0 Å². The van der Waals surface area contributed by atoms with Gasteiger partial charge in [0.1, 0.15) is 5.82 Å². The van der Waals surface area contributed by atoms with Crippen LogP contribution in [-0.4, -0.2) is 5.11 Å². The van der Waals surface area contributed by atoms with Crippen LogP contribution in [0.15, 0.2) is 72.8 Å². The monoisotopic (exact) mass is 335 g/mol. The number of hydrogen-bond donors (Lipinski definition) is 2. The van der Waals surface area contributed by atoms with Gasteiger partial charge < -0.3 is 10.8 Å². The summed E-state index contributed by atoms with van der Waals surface area (Å²) in [5.74, 6) is -0.291. The maximum absolute atomic E-state index is 14.1. The number of benzene rings is 3. The van der Waals surface area contributed by atoms with Crippen LogP contribution in [0.3, 0.4) is 0 Å². The molecule has 0 amide bonds. The van der Waals surface area contributed by atoms with Gasteiger partial charge in [-0.2, -0.15) is 0 Å². The van der Waals surface area contributed by atoms with Gasteiger partial charge in [-0.15, -0.1) is 0 Å². The van der Waals surface area contributed by atoms with Crippen LogP contribution in [0.2, 0.25) is 0 Å². The molecule has 2 atom stereocenters. The van der Waals surface area contributed by atoms with Crippen LogP contribution < -0.4 is 5.73 Å². The second-order valence-corrected chi connectivity index (χ2v) is 6.35. The van der Waals surface area contributed by atoms with Gasteiger partial charge in [-0.1, -0.05) is 66.7 Å². The van der Waals surface area contributed by atoms with E-state index in [1.807, 2.05) is 60.7 Å². The Morgan fingerprint density at radius 3 is 2.16 bits per heavy atom. The first kappa shape index (κ1) is 17.3. The molecule has 0 aliphatic rings. The molecule has 0 spiro atoms. The molecule has 3 aromatic rings. The third-order valence-electron chi connectivity index (χ3n) is 4.39. The van der Waals surface area contributed by atoms with Gasteiger partial charge in [0.25, 0.3) is 0 Å². The number of hydrogen-bond acceptors (Lipinski definition) is 2. The Morgan fingerprint density at radius 2 is 1.56 bits per heavy atom. The molecule has 2 nitrogen and oxygen atoms in total. The SMILES string of the molecule is CC(N)c1ccc(-c2ccc(C(O)Cc3ccccc3)cc2)cc1F. The fourth-order valence-electron chi connectivity index (χ4n) is 2.93. The summed E-state index contributed by atoms with van der Waals surface area (Å²) in [6, 6.07) is 22.3. The molecular weight excluding hydrogens is 313 g/mol. The lowest BCUT2D eigenvalue weighted by Gasteiger charge is -2.13. The molecule has 3 heteroatoms. The van der Waals surface area contributed by atoms with Gasteiger partial charge in [-0.05, 0) is 35.2 Å². The van der Waals surface area contributed by atoms with E-state index in [2.05, 4.69) is 0 Å². The lowest BCUT2D eigenvalue weighted by molar-refractivity contribution is 0.178. The lowest BCUT2D eigenvalue weighted by atomic mass is 9.97. The normalized spacial score (nSPS) is 13.4. The van der Waals surface area contributed by atoms with E-state index in [1.54, 1.807) is 13.0 Å². The van der Waals surface area contributed by atoms with Gasteiger partial charge in [0.05, 0.1) is 6.10 Å². The van der Waals surface area contributed by atoms with E-state index in [1.165, 1.54) is 6.07 Å². The summed E-state index contributed by atoms with van der Waals surface area (Å²) in [6.45, 7) is 1.76. The molecule has 2 unspecified atom stereocenters. The van der Waals surface area contributed by atoms with Crippen LogP contribution >= 0.6 is 0 Å². The Morgan fingerprint density at radius 1 is 0.920 bits per heavy atom. The largest absolute Gasteiger partial charge is 0.388 e. The second kappa shape index (κ2) is 7.60. The van der Waals surface area contributed by atoms with Crippen molar-refractivity contribution in [3.05, 3.63) is 95.3 Å². The van der Waals surface area contributed by atoms with E-state index >= 15 is 0 Å². The summed E-state index contributed by atoms with van der Waals surface area (Å²) in [5.41, 5.74) is 9.91. The summed E-state index contributed by atoms with van der Waals surface area (Å²) in [5, 5.41) is 10.4. The van der Waals surface area contributed by atoms with Gasteiger partial charge in [-0.25, -0.2) is 4.39 Å². The van der Waals surface area contributed by atoms with Crippen LogP contribution in [0.5, 0.6) is 0 Å². The molecule has 0 saturated carbocycles. The van der Waals surface area contributed by atoms with Crippen LogP contribution in [0.25, 0.3) is 11.1 Å². The fraction of sp³-hybridized carbons (Fsp3) is 0.182. The Hall–Kier alpha value is -2.49. The minimum Gasteiger partial charge on any atom is -0.388 e. The smallest absolute Gasteiger partial charge is 0.128 e. The topological polar surface area (TPSA) is 46.2 Å². The molecule has 3 N–H and O–H groups in total. The highest BCUT2D eigenvalue weighted by molar-refractivity contribution is 5.64. The van der Waals surface area contributed by atoms with Crippen molar-refractivity contribution in [3.8, 4) is 11.1 Å².